The first kappa shape index (κ1) is 16.8. The van der Waals surface area contributed by atoms with E-state index >= 15 is 0 Å². The Morgan fingerprint density at radius 1 is 1.04 bits per heavy atom. The van der Waals surface area contributed by atoms with Crippen LogP contribution in [0.15, 0.2) is 52.9 Å². The lowest BCUT2D eigenvalue weighted by Crippen LogP contribution is -2.27. The minimum Gasteiger partial charge on any atom is -0.497 e. The van der Waals surface area contributed by atoms with Crippen LogP contribution in [0.3, 0.4) is 0 Å². The summed E-state index contributed by atoms with van der Waals surface area (Å²) in [7, 11) is -2.11. The van der Waals surface area contributed by atoms with Gasteiger partial charge in [-0.1, -0.05) is 0 Å². The molecule has 0 fully saturated rings. The lowest BCUT2D eigenvalue weighted by atomic mass is 10.1. The van der Waals surface area contributed by atoms with Gasteiger partial charge in [-0.15, -0.1) is 0 Å². The summed E-state index contributed by atoms with van der Waals surface area (Å²) in [5, 5.41) is 0. The highest BCUT2D eigenvalue weighted by Gasteiger charge is 2.33. The van der Waals surface area contributed by atoms with Gasteiger partial charge in [-0.25, -0.2) is 8.42 Å². The van der Waals surface area contributed by atoms with Crippen LogP contribution in [-0.4, -0.2) is 33.2 Å². The minimum atomic E-state index is -3.66. The summed E-state index contributed by atoms with van der Waals surface area (Å²) in [5.41, 5.74) is 2.54. The number of rotatable bonds is 4. The summed E-state index contributed by atoms with van der Waals surface area (Å²) in [4.78, 5) is 0.242. The smallest absolute Gasteiger partial charge is 0.264 e. The van der Waals surface area contributed by atoms with E-state index in [2.05, 4.69) is 0 Å². The van der Waals surface area contributed by atoms with Crippen LogP contribution in [0.5, 0.6) is 17.2 Å². The van der Waals surface area contributed by atoms with Gasteiger partial charge >= 0.3 is 0 Å². The second-order valence-corrected chi connectivity index (χ2v) is 8.06. The van der Waals surface area contributed by atoms with Gasteiger partial charge in [-0.05, 0) is 61.4 Å². The van der Waals surface area contributed by atoms with Gasteiger partial charge in [-0.3, -0.25) is 4.31 Å². The zero-order valence-electron chi connectivity index (χ0n) is 14.6. The standard InChI is InChI=1S/C19H19NO5S/c1-13-9-10-20(26(21,22)16-6-4-15(23-2)5-7-16)19(13)14-3-8-17-18(11-14)25-12-24-17/h3-8,11H,9-10,12H2,1-2H3. The van der Waals surface area contributed by atoms with Crippen molar-refractivity contribution in [3.05, 3.63) is 53.6 Å². The normalized spacial score (nSPS) is 16.3. The first-order chi connectivity index (χ1) is 12.5. The topological polar surface area (TPSA) is 65.1 Å². The molecule has 0 spiro atoms. The molecule has 2 aromatic carbocycles. The summed E-state index contributed by atoms with van der Waals surface area (Å²) >= 11 is 0. The van der Waals surface area contributed by atoms with Crippen molar-refractivity contribution in [1.29, 1.82) is 0 Å². The molecule has 0 saturated carbocycles. The Morgan fingerprint density at radius 3 is 2.50 bits per heavy atom. The summed E-state index contributed by atoms with van der Waals surface area (Å²) in [6, 6.07) is 12.0. The van der Waals surface area contributed by atoms with E-state index in [1.54, 1.807) is 31.4 Å². The maximum Gasteiger partial charge on any atom is 0.264 e. The van der Waals surface area contributed by atoms with Crippen LogP contribution < -0.4 is 14.2 Å². The molecule has 0 N–H and O–H groups in total. The first-order valence-corrected chi connectivity index (χ1v) is 9.71. The quantitative estimate of drug-likeness (QED) is 0.823. The van der Waals surface area contributed by atoms with E-state index in [0.29, 0.717) is 35.9 Å². The highest BCUT2D eigenvalue weighted by Crippen LogP contribution is 2.40. The molecule has 0 unspecified atom stereocenters. The van der Waals surface area contributed by atoms with Crippen LogP contribution in [0.4, 0.5) is 0 Å². The maximum absolute atomic E-state index is 13.2. The molecule has 0 atom stereocenters. The zero-order chi connectivity index (χ0) is 18.3. The summed E-state index contributed by atoms with van der Waals surface area (Å²) < 4.78 is 43.8. The van der Waals surface area contributed by atoms with Crippen molar-refractivity contribution in [2.24, 2.45) is 0 Å². The molecule has 4 rings (SSSR count). The van der Waals surface area contributed by atoms with Gasteiger partial charge in [0.2, 0.25) is 6.79 Å². The number of fused-ring (bicyclic) bond motifs is 1. The summed E-state index contributed by atoms with van der Waals surface area (Å²) in [6.45, 7) is 2.57. The van der Waals surface area contributed by atoms with E-state index in [1.807, 2.05) is 25.1 Å². The molecule has 0 aromatic heterocycles. The third kappa shape index (κ3) is 2.68. The molecular formula is C19H19NO5S. The molecule has 0 saturated heterocycles. The van der Waals surface area contributed by atoms with Gasteiger partial charge in [0.25, 0.3) is 10.0 Å². The third-order valence-electron chi connectivity index (χ3n) is 4.64. The lowest BCUT2D eigenvalue weighted by molar-refractivity contribution is 0.174. The predicted molar refractivity (Wildman–Crippen MR) is 96.7 cm³/mol. The number of nitrogens with zero attached hydrogens (tertiary/aromatic N) is 1. The molecule has 2 heterocycles. The van der Waals surface area contributed by atoms with Gasteiger partial charge in [0.1, 0.15) is 5.75 Å². The van der Waals surface area contributed by atoms with Crippen LogP contribution in [-0.2, 0) is 10.0 Å². The molecule has 0 aliphatic carbocycles. The van der Waals surface area contributed by atoms with Gasteiger partial charge in [0, 0.05) is 12.1 Å². The van der Waals surface area contributed by atoms with E-state index in [0.717, 1.165) is 11.1 Å². The summed E-state index contributed by atoms with van der Waals surface area (Å²) in [6.07, 6.45) is 0.694. The van der Waals surface area contributed by atoms with Crippen molar-refractivity contribution in [3.63, 3.8) is 0 Å². The zero-order valence-corrected chi connectivity index (χ0v) is 15.4. The van der Waals surface area contributed by atoms with Crippen LogP contribution >= 0.6 is 0 Å². The van der Waals surface area contributed by atoms with Gasteiger partial charge in [-0.2, -0.15) is 0 Å². The fourth-order valence-corrected chi connectivity index (χ4v) is 4.83. The molecule has 6 nitrogen and oxygen atoms in total. The maximum atomic E-state index is 13.2. The number of hydrogen-bond donors (Lipinski definition) is 0. The second-order valence-electron chi connectivity index (χ2n) is 6.20. The monoisotopic (exact) mass is 373 g/mol. The fraction of sp³-hybridized carbons (Fsp3) is 0.263. The Balaban J connectivity index is 1.73. The van der Waals surface area contributed by atoms with Crippen molar-refractivity contribution in [3.8, 4) is 17.2 Å². The molecule has 2 aliphatic heterocycles. The van der Waals surface area contributed by atoms with Gasteiger partial charge in [0.15, 0.2) is 11.5 Å². The molecular weight excluding hydrogens is 354 g/mol. The van der Waals surface area contributed by atoms with Crippen LogP contribution in [0.2, 0.25) is 0 Å². The van der Waals surface area contributed by atoms with Crippen LogP contribution in [0.25, 0.3) is 5.70 Å². The van der Waals surface area contributed by atoms with Crippen LogP contribution in [0, 0.1) is 0 Å². The average Bonchev–Trinajstić information content (AvgIpc) is 3.27. The lowest BCUT2D eigenvalue weighted by Gasteiger charge is -2.23. The highest BCUT2D eigenvalue weighted by molar-refractivity contribution is 7.89. The van der Waals surface area contributed by atoms with E-state index in [1.165, 1.54) is 4.31 Å². The Morgan fingerprint density at radius 2 is 1.77 bits per heavy atom. The first-order valence-electron chi connectivity index (χ1n) is 8.27. The predicted octanol–water partition coefficient (Wildman–Crippen LogP) is 3.25. The minimum absolute atomic E-state index is 0.185. The number of sulfonamides is 1. The largest absolute Gasteiger partial charge is 0.497 e. The molecule has 26 heavy (non-hydrogen) atoms. The van der Waals surface area contributed by atoms with E-state index in [-0.39, 0.29) is 11.7 Å². The van der Waals surface area contributed by atoms with E-state index in [4.69, 9.17) is 14.2 Å². The molecule has 2 aliphatic rings. The SMILES string of the molecule is COc1ccc(S(=O)(=O)N2CCC(C)=C2c2ccc3c(c2)OCO3)cc1. The molecule has 0 amide bonds. The van der Waals surface area contributed by atoms with Crippen molar-refractivity contribution >= 4 is 15.7 Å². The Kier molecular flexibility index (Phi) is 4.03. The second kappa shape index (κ2) is 6.25. The van der Waals surface area contributed by atoms with Crippen molar-refractivity contribution in [1.82, 2.24) is 4.31 Å². The number of methoxy groups -OCH3 is 1. The van der Waals surface area contributed by atoms with E-state index in [9.17, 15) is 8.42 Å². The van der Waals surface area contributed by atoms with Crippen molar-refractivity contribution in [2.75, 3.05) is 20.4 Å². The van der Waals surface area contributed by atoms with E-state index < -0.39 is 10.0 Å². The van der Waals surface area contributed by atoms with Crippen molar-refractivity contribution < 1.29 is 22.6 Å². The summed E-state index contributed by atoms with van der Waals surface area (Å²) in [5.74, 6) is 1.93. The Bertz CT molecular complexity index is 979. The number of ether oxygens (including phenoxy) is 3. The fourth-order valence-electron chi connectivity index (χ4n) is 3.26. The van der Waals surface area contributed by atoms with Crippen molar-refractivity contribution in [2.45, 2.75) is 18.2 Å². The molecule has 0 bridgehead atoms. The number of hydrogen-bond acceptors (Lipinski definition) is 5. The Labute approximate surface area is 152 Å². The Hall–Kier alpha value is -2.67. The van der Waals surface area contributed by atoms with Gasteiger partial charge in [0.05, 0.1) is 17.7 Å². The highest BCUT2D eigenvalue weighted by atomic mass is 32.2. The molecule has 136 valence electrons. The number of benzene rings is 2. The third-order valence-corrected chi connectivity index (χ3v) is 6.45. The molecule has 2 aromatic rings. The van der Waals surface area contributed by atoms with Gasteiger partial charge < -0.3 is 14.2 Å². The van der Waals surface area contributed by atoms with Crippen LogP contribution in [0.1, 0.15) is 18.9 Å². The average molecular weight is 373 g/mol. The molecule has 7 heteroatoms. The molecule has 0 radical (unpaired) electrons.